The first-order valence-corrected chi connectivity index (χ1v) is 9.56. The van der Waals surface area contributed by atoms with Crippen molar-refractivity contribution in [3.05, 3.63) is 71.2 Å². The maximum atomic E-state index is 5.95. The van der Waals surface area contributed by atoms with Gasteiger partial charge in [-0.05, 0) is 24.4 Å². The van der Waals surface area contributed by atoms with Gasteiger partial charge in [0.2, 0.25) is 0 Å². The van der Waals surface area contributed by atoms with Gasteiger partial charge in [0.1, 0.15) is 5.01 Å². The Kier molecular flexibility index (Phi) is 4.32. The predicted molar refractivity (Wildman–Crippen MR) is 103 cm³/mol. The Bertz CT molecular complexity index is 923. The molecule has 0 aliphatic rings. The zero-order valence-corrected chi connectivity index (χ0v) is 15.0. The third-order valence-electron chi connectivity index (χ3n) is 3.90. The third-order valence-corrected chi connectivity index (χ3v) is 5.99. The van der Waals surface area contributed by atoms with Crippen LogP contribution in [0.2, 0.25) is 0 Å². The fourth-order valence-electron chi connectivity index (χ4n) is 2.64. The predicted octanol–water partition coefficient (Wildman–Crippen LogP) is 5.95. The van der Waals surface area contributed by atoms with Gasteiger partial charge in [-0.2, -0.15) is 0 Å². The second-order valence-electron chi connectivity index (χ2n) is 5.59. The molecule has 24 heavy (non-hydrogen) atoms. The number of thiophene rings is 1. The lowest BCUT2D eigenvalue weighted by Crippen LogP contribution is -2.01. The smallest absolute Gasteiger partial charge is 0.174 e. The Balaban J connectivity index is 1.43. The van der Waals surface area contributed by atoms with E-state index in [-0.39, 0.29) is 0 Å². The van der Waals surface area contributed by atoms with Crippen molar-refractivity contribution in [1.29, 1.82) is 0 Å². The van der Waals surface area contributed by atoms with E-state index in [1.807, 2.05) is 6.07 Å². The number of fused-ring (bicyclic) bond motifs is 1. The normalized spacial score (nSPS) is 11.0. The van der Waals surface area contributed by atoms with Gasteiger partial charge in [-0.1, -0.05) is 59.9 Å². The molecule has 4 aromatic rings. The largest absolute Gasteiger partial charge is 0.484 e. The highest BCUT2D eigenvalue weighted by Crippen LogP contribution is 2.32. The number of nitrogens with zero attached hydrogens (tertiary/aromatic N) is 1. The summed E-state index contributed by atoms with van der Waals surface area (Å²) in [6, 6.07) is 20.8. The van der Waals surface area contributed by atoms with Crippen molar-refractivity contribution in [1.82, 2.24) is 4.98 Å². The number of rotatable bonds is 5. The first-order valence-electron chi connectivity index (χ1n) is 7.93. The molecule has 0 aliphatic carbocycles. The van der Waals surface area contributed by atoms with Crippen molar-refractivity contribution in [2.45, 2.75) is 13.3 Å². The molecule has 0 amide bonds. The van der Waals surface area contributed by atoms with Crippen LogP contribution < -0.4 is 4.74 Å². The highest BCUT2D eigenvalue weighted by atomic mass is 32.1. The van der Waals surface area contributed by atoms with Crippen LogP contribution in [0.3, 0.4) is 0 Å². The van der Waals surface area contributed by atoms with E-state index in [0.717, 1.165) is 22.2 Å². The van der Waals surface area contributed by atoms with Crippen LogP contribution in [0.4, 0.5) is 0 Å². The van der Waals surface area contributed by atoms with E-state index in [1.54, 1.807) is 22.7 Å². The van der Waals surface area contributed by atoms with E-state index < -0.39 is 0 Å². The minimum Gasteiger partial charge on any atom is -0.484 e. The highest BCUT2D eigenvalue weighted by molar-refractivity contribution is 7.20. The maximum Gasteiger partial charge on any atom is 0.174 e. The molecule has 2 aromatic heterocycles. The number of aromatic nitrogens is 1. The van der Waals surface area contributed by atoms with Gasteiger partial charge < -0.3 is 4.74 Å². The minimum absolute atomic E-state index is 0.658. The molecular formula is C20H17NOS2. The fraction of sp³-hybridized carbons (Fsp3) is 0.150. The lowest BCUT2D eigenvalue weighted by Gasteiger charge is -2.01. The molecule has 0 bridgehead atoms. The summed E-state index contributed by atoms with van der Waals surface area (Å²) in [6.07, 6.45) is 0.837. The monoisotopic (exact) mass is 351 g/mol. The summed E-state index contributed by atoms with van der Waals surface area (Å²) < 4.78 is 7.22. The zero-order chi connectivity index (χ0) is 16.4. The van der Waals surface area contributed by atoms with Crippen LogP contribution in [0.15, 0.2) is 60.7 Å². The summed E-state index contributed by atoms with van der Waals surface area (Å²) >= 11 is 3.45. The molecule has 0 radical (unpaired) electrons. The summed E-state index contributed by atoms with van der Waals surface area (Å²) in [5.41, 5.74) is 2.32. The number of thiazole rings is 1. The molecule has 0 spiro atoms. The fourth-order valence-corrected chi connectivity index (χ4v) is 4.54. The number of hydrogen-bond acceptors (Lipinski definition) is 4. The standard InChI is InChI=1S/C20H17NOS2/c1-14-17(21-20(23-14)15-7-3-2-4-8-15)11-12-22-19-13-16-9-5-6-10-18(16)24-19/h2-10,13H,11-12H2,1H3. The van der Waals surface area contributed by atoms with E-state index in [2.05, 4.69) is 61.5 Å². The Morgan fingerprint density at radius 2 is 1.75 bits per heavy atom. The van der Waals surface area contributed by atoms with Crippen molar-refractivity contribution >= 4 is 32.8 Å². The molecule has 0 atom stereocenters. The maximum absolute atomic E-state index is 5.95. The molecule has 0 fully saturated rings. The molecule has 0 aliphatic heterocycles. The minimum atomic E-state index is 0.658. The van der Waals surface area contributed by atoms with Crippen LogP contribution in [0.5, 0.6) is 5.06 Å². The number of ether oxygens (including phenoxy) is 1. The van der Waals surface area contributed by atoms with Gasteiger partial charge in [0, 0.05) is 21.6 Å². The Morgan fingerprint density at radius 3 is 2.58 bits per heavy atom. The van der Waals surface area contributed by atoms with Crippen molar-refractivity contribution in [3.8, 4) is 15.6 Å². The number of hydrogen-bond donors (Lipinski definition) is 0. The molecule has 4 heteroatoms. The molecule has 0 N–H and O–H groups in total. The average Bonchev–Trinajstić information content (AvgIpc) is 3.19. The van der Waals surface area contributed by atoms with Gasteiger partial charge in [0.05, 0.1) is 12.3 Å². The molecule has 2 heterocycles. The van der Waals surface area contributed by atoms with Crippen molar-refractivity contribution < 1.29 is 4.74 Å². The topological polar surface area (TPSA) is 22.1 Å². The summed E-state index contributed by atoms with van der Waals surface area (Å²) in [6.45, 7) is 2.80. The average molecular weight is 351 g/mol. The molecule has 120 valence electrons. The SMILES string of the molecule is Cc1sc(-c2ccccc2)nc1CCOc1cc2ccccc2s1. The van der Waals surface area contributed by atoms with Crippen LogP contribution in [0.25, 0.3) is 20.7 Å². The highest BCUT2D eigenvalue weighted by Gasteiger charge is 2.10. The summed E-state index contributed by atoms with van der Waals surface area (Å²) in [5.74, 6) is 0. The Morgan fingerprint density at radius 1 is 0.958 bits per heavy atom. The van der Waals surface area contributed by atoms with Crippen molar-refractivity contribution in [3.63, 3.8) is 0 Å². The molecule has 0 unspecified atom stereocenters. The lowest BCUT2D eigenvalue weighted by molar-refractivity contribution is 0.330. The van der Waals surface area contributed by atoms with Gasteiger partial charge in [-0.15, -0.1) is 11.3 Å². The first kappa shape index (κ1) is 15.4. The van der Waals surface area contributed by atoms with Crippen LogP contribution in [-0.2, 0) is 6.42 Å². The third kappa shape index (κ3) is 3.21. The van der Waals surface area contributed by atoms with E-state index in [9.17, 15) is 0 Å². The van der Waals surface area contributed by atoms with Gasteiger partial charge in [-0.3, -0.25) is 0 Å². The summed E-state index contributed by atoms with van der Waals surface area (Å²) in [5, 5.41) is 3.31. The van der Waals surface area contributed by atoms with E-state index in [1.165, 1.54) is 20.5 Å². The van der Waals surface area contributed by atoms with E-state index in [4.69, 9.17) is 9.72 Å². The summed E-state index contributed by atoms with van der Waals surface area (Å²) in [7, 11) is 0. The molecule has 0 saturated carbocycles. The molecule has 4 rings (SSSR count). The second kappa shape index (κ2) is 6.75. The first-order chi connectivity index (χ1) is 11.8. The molecular weight excluding hydrogens is 334 g/mol. The van der Waals surface area contributed by atoms with Crippen LogP contribution >= 0.6 is 22.7 Å². The van der Waals surface area contributed by atoms with Crippen molar-refractivity contribution in [2.75, 3.05) is 6.61 Å². The second-order valence-corrected chi connectivity index (χ2v) is 7.84. The Hall–Kier alpha value is -2.17. The zero-order valence-electron chi connectivity index (χ0n) is 13.4. The summed E-state index contributed by atoms with van der Waals surface area (Å²) in [4.78, 5) is 6.07. The Labute approximate surface area is 149 Å². The van der Waals surface area contributed by atoms with Crippen LogP contribution in [0.1, 0.15) is 10.6 Å². The quantitative estimate of drug-likeness (QED) is 0.443. The van der Waals surface area contributed by atoms with Gasteiger partial charge in [0.15, 0.2) is 5.06 Å². The number of aryl methyl sites for hydroxylation is 1. The number of benzene rings is 2. The van der Waals surface area contributed by atoms with Crippen LogP contribution in [0, 0.1) is 6.92 Å². The van der Waals surface area contributed by atoms with E-state index >= 15 is 0 Å². The van der Waals surface area contributed by atoms with Gasteiger partial charge in [0.25, 0.3) is 0 Å². The van der Waals surface area contributed by atoms with Gasteiger partial charge in [-0.25, -0.2) is 4.98 Å². The molecule has 2 nitrogen and oxygen atoms in total. The van der Waals surface area contributed by atoms with Gasteiger partial charge >= 0.3 is 0 Å². The van der Waals surface area contributed by atoms with Crippen molar-refractivity contribution in [2.24, 2.45) is 0 Å². The molecule has 0 saturated heterocycles. The molecule has 2 aromatic carbocycles. The lowest BCUT2D eigenvalue weighted by atomic mass is 10.2. The van der Waals surface area contributed by atoms with E-state index in [0.29, 0.717) is 6.61 Å². The van der Waals surface area contributed by atoms with Crippen LogP contribution in [-0.4, -0.2) is 11.6 Å².